The summed E-state index contributed by atoms with van der Waals surface area (Å²) in [6.45, 7) is 3.07. The molecule has 0 aromatic heterocycles. The molecule has 0 aliphatic carbocycles. The number of benzene rings is 2. The fourth-order valence-corrected chi connectivity index (χ4v) is 7.27. The lowest BCUT2D eigenvalue weighted by molar-refractivity contribution is -0.160. The largest absolute Gasteiger partial charge is 0.445 e. The van der Waals surface area contributed by atoms with Gasteiger partial charge in [-0.2, -0.15) is 4.31 Å². The van der Waals surface area contributed by atoms with E-state index < -0.39 is 27.7 Å². The summed E-state index contributed by atoms with van der Waals surface area (Å²) in [6.07, 6.45) is 2.18. The average molecular weight is 640 g/mol. The van der Waals surface area contributed by atoms with Gasteiger partial charge in [-0.15, -0.1) is 0 Å². The van der Waals surface area contributed by atoms with Crippen LogP contribution in [0.2, 0.25) is 10.0 Å². The van der Waals surface area contributed by atoms with Crippen LogP contribution in [0.25, 0.3) is 0 Å². The maximum Gasteiger partial charge on any atom is 0.407 e. The first kappa shape index (κ1) is 32.1. The van der Waals surface area contributed by atoms with E-state index in [0.717, 1.165) is 5.56 Å². The van der Waals surface area contributed by atoms with Crippen molar-refractivity contribution in [2.24, 2.45) is 0 Å². The fourth-order valence-electron chi connectivity index (χ4n) is 5.44. The van der Waals surface area contributed by atoms with Crippen molar-refractivity contribution in [2.45, 2.75) is 68.5 Å². The maximum absolute atomic E-state index is 13.6. The smallest absolute Gasteiger partial charge is 0.407 e. The quantitative estimate of drug-likeness (QED) is 0.353. The number of nitrogens with zero attached hydrogens (tertiary/aromatic N) is 2. The normalized spacial score (nSPS) is 19.0. The Hall–Kier alpha value is -2.86. The van der Waals surface area contributed by atoms with Crippen LogP contribution in [0.15, 0.2) is 53.4 Å². The molecule has 1 atom stereocenters. The number of alkyl carbamates (subject to hydrolysis) is 1. The van der Waals surface area contributed by atoms with Crippen molar-refractivity contribution < 1.29 is 27.5 Å². The highest BCUT2D eigenvalue weighted by Crippen LogP contribution is 2.36. The average Bonchev–Trinajstić information content (AvgIpc) is 2.98. The second-order valence-corrected chi connectivity index (χ2v) is 13.3. The number of carbonyl (C=O) groups excluding carboxylic acids is 3. The number of sulfonamides is 1. The molecule has 2 saturated heterocycles. The Morgan fingerprint density at radius 3 is 2.45 bits per heavy atom. The maximum atomic E-state index is 13.6. The number of ether oxygens (including phenoxy) is 1. The molecule has 2 N–H and O–H groups in total. The molecule has 13 heteroatoms. The highest BCUT2D eigenvalue weighted by atomic mass is 35.5. The SMILES string of the molecule is CCCN1C(=O)[C@H](CCCCNC(=O)OCc2ccccc2)NC(=O)C12CCN(S(=O)(=O)c1ccc(Cl)c(Cl)c1)CC2. The van der Waals surface area contributed by atoms with Gasteiger partial charge in [-0.05, 0) is 62.3 Å². The number of hydrogen-bond donors (Lipinski definition) is 2. The van der Waals surface area contributed by atoms with Crippen molar-refractivity contribution in [3.05, 3.63) is 64.1 Å². The fraction of sp³-hybridized carbons (Fsp3) is 0.483. The molecule has 4 rings (SSSR count). The van der Waals surface area contributed by atoms with E-state index >= 15 is 0 Å². The number of amides is 3. The predicted molar refractivity (Wildman–Crippen MR) is 160 cm³/mol. The molecular weight excluding hydrogens is 603 g/mol. The summed E-state index contributed by atoms with van der Waals surface area (Å²) in [6, 6.07) is 12.9. The van der Waals surface area contributed by atoms with Gasteiger partial charge in [0.1, 0.15) is 18.2 Å². The second kappa shape index (κ2) is 14.1. The second-order valence-electron chi connectivity index (χ2n) is 10.5. The first-order valence-corrected chi connectivity index (χ1v) is 16.3. The first-order valence-electron chi connectivity index (χ1n) is 14.1. The van der Waals surface area contributed by atoms with E-state index in [0.29, 0.717) is 38.8 Å². The molecule has 0 radical (unpaired) electrons. The van der Waals surface area contributed by atoms with Gasteiger partial charge in [-0.1, -0.05) is 60.5 Å². The minimum absolute atomic E-state index is 0.0291. The Labute approximate surface area is 256 Å². The Balaban J connectivity index is 1.29. The number of piperidine rings is 1. The first-order chi connectivity index (χ1) is 20.1. The molecule has 228 valence electrons. The molecule has 2 aromatic carbocycles. The highest BCUT2D eigenvalue weighted by molar-refractivity contribution is 7.89. The molecule has 1 spiro atoms. The lowest BCUT2D eigenvalue weighted by Crippen LogP contribution is -2.73. The Morgan fingerprint density at radius 1 is 1.07 bits per heavy atom. The summed E-state index contributed by atoms with van der Waals surface area (Å²) in [7, 11) is -3.85. The number of unbranched alkanes of at least 4 members (excludes halogenated alkanes) is 1. The van der Waals surface area contributed by atoms with Crippen LogP contribution < -0.4 is 10.6 Å². The van der Waals surface area contributed by atoms with Crippen molar-refractivity contribution in [1.29, 1.82) is 0 Å². The van der Waals surface area contributed by atoms with Crippen molar-refractivity contribution in [1.82, 2.24) is 19.8 Å². The van der Waals surface area contributed by atoms with Crippen molar-refractivity contribution in [3.63, 3.8) is 0 Å². The zero-order valence-corrected chi connectivity index (χ0v) is 25.8. The zero-order chi connectivity index (χ0) is 30.3. The van der Waals surface area contributed by atoms with E-state index in [1.165, 1.54) is 22.5 Å². The summed E-state index contributed by atoms with van der Waals surface area (Å²) < 4.78 is 33.0. The standard InChI is InChI=1S/C29H36Cl2N4O6S/c1-2-16-35-26(36)25(10-6-7-15-32-28(38)41-20-21-8-4-3-5-9-21)33-27(37)29(35)13-17-34(18-14-29)42(39,40)22-11-12-23(30)24(31)19-22/h3-5,8-9,11-12,19,25H,2,6-7,10,13-18,20H2,1H3,(H,32,38)(H,33,37)/t25-/m0/s1. The van der Waals surface area contributed by atoms with Gasteiger partial charge < -0.3 is 20.3 Å². The van der Waals surface area contributed by atoms with Crippen molar-refractivity contribution in [2.75, 3.05) is 26.2 Å². The van der Waals surface area contributed by atoms with Crippen molar-refractivity contribution >= 4 is 51.1 Å². The summed E-state index contributed by atoms with van der Waals surface area (Å²) in [5.74, 6) is -0.415. The Kier molecular flexibility index (Phi) is 10.7. The van der Waals surface area contributed by atoms with Gasteiger partial charge >= 0.3 is 6.09 Å². The third kappa shape index (κ3) is 7.19. The van der Waals surface area contributed by atoms with Crippen LogP contribution in [0.3, 0.4) is 0 Å². The number of halogens is 2. The van der Waals surface area contributed by atoms with Gasteiger partial charge in [0.05, 0.1) is 14.9 Å². The van der Waals surface area contributed by atoms with Crippen LogP contribution in [-0.4, -0.2) is 73.3 Å². The van der Waals surface area contributed by atoms with E-state index in [1.54, 1.807) is 4.90 Å². The van der Waals surface area contributed by atoms with Crippen LogP contribution >= 0.6 is 23.2 Å². The minimum atomic E-state index is -3.85. The number of hydrogen-bond acceptors (Lipinski definition) is 6. The molecule has 42 heavy (non-hydrogen) atoms. The molecule has 2 aromatic rings. The van der Waals surface area contributed by atoms with Crippen LogP contribution in [-0.2, 0) is 31.0 Å². The molecule has 0 unspecified atom stereocenters. The van der Waals surface area contributed by atoms with E-state index in [9.17, 15) is 22.8 Å². The number of rotatable bonds is 11. The van der Waals surface area contributed by atoms with Gasteiger partial charge in [-0.25, -0.2) is 13.2 Å². The summed E-state index contributed by atoms with van der Waals surface area (Å²) in [5, 5.41) is 6.02. The highest BCUT2D eigenvalue weighted by Gasteiger charge is 2.54. The molecule has 3 amide bonds. The van der Waals surface area contributed by atoms with Crippen molar-refractivity contribution in [3.8, 4) is 0 Å². The Morgan fingerprint density at radius 2 is 1.79 bits per heavy atom. The zero-order valence-electron chi connectivity index (χ0n) is 23.5. The summed E-state index contributed by atoms with van der Waals surface area (Å²) in [5.41, 5.74) is -0.204. The van der Waals surface area contributed by atoms with Gasteiger partial charge in [0.2, 0.25) is 21.8 Å². The van der Waals surface area contributed by atoms with Gasteiger partial charge in [0.25, 0.3) is 0 Å². The van der Waals surface area contributed by atoms with Gasteiger partial charge in [0.15, 0.2) is 0 Å². The monoisotopic (exact) mass is 638 g/mol. The lowest BCUT2D eigenvalue weighted by atomic mass is 9.81. The molecular formula is C29H36Cl2N4O6S. The third-order valence-corrected chi connectivity index (χ3v) is 10.4. The van der Waals surface area contributed by atoms with E-state index in [2.05, 4.69) is 10.6 Å². The van der Waals surface area contributed by atoms with Gasteiger partial charge in [0, 0.05) is 26.2 Å². The topological polar surface area (TPSA) is 125 Å². The number of nitrogens with one attached hydrogen (secondary N) is 2. The van der Waals surface area contributed by atoms with Gasteiger partial charge in [-0.3, -0.25) is 9.59 Å². The predicted octanol–water partition coefficient (Wildman–Crippen LogP) is 4.35. The summed E-state index contributed by atoms with van der Waals surface area (Å²) >= 11 is 12.0. The minimum Gasteiger partial charge on any atom is -0.445 e. The van der Waals surface area contributed by atoms with Crippen LogP contribution in [0, 0.1) is 0 Å². The summed E-state index contributed by atoms with van der Waals surface area (Å²) in [4.78, 5) is 40.7. The molecule has 0 saturated carbocycles. The molecule has 2 aliphatic rings. The molecule has 2 fully saturated rings. The Bertz CT molecular complexity index is 1380. The number of carbonyl (C=O) groups is 3. The van der Waals surface area contributed by atoms with Crippen LogP contribution in [0.5, 0.6) is 0 Å². The molecule has 2 heterocycles. The lowest BCUT2D eigenvalue weighted by Gasteiger charge is -2.51. The molecule has 10 nitrogen and oxygen atoms in total. The van der Waals surface area contributed by atoms with Crippen LogP contribution in [0.1, 0.15) is 51.0 Å². The molecule has 2 aliphatic heterocycles. The van der Waals surface area contributed by atoms with E-state index in [1.807, 2.05) is 37.3 Å². The van der Waals surface area contributed by atoms with Crippen LogP contribution in [0.4, 0.5) is 4.79 Å². The van der Waals surface area contributed by atoms with E-state index in [4.69, 9.17) is 27.9 Å². The van der Waals surface area contributed by atoms with E-state index in [-0.39, 0.29) is 59.3 Å². The third-order valence-electron chi connectivity index (χ3n) is 7.74. The number of piperazine rings is 1. The molecule has 0 bridgehead atoms.